The fraction of sp³-hybridized carbons (Fsp3) is 0.353. The predicted octanol–water partition coefficient (Wildman–Crippen LogP) is 2.83. The number of nitrogens with zero attached hydrogens (tertiary/aromatic N) is 3. The minimum Gasteiger partial charge on any atom is -0.489 e. The number of ether oxygens (including phenoxy) is 1. The summed E-state index contributed by atoms with van der Waals surface area (Å²) in [4.78, 5) is 20.5. The summed E-state index contributed by atoms with van der Waals surface area (Å²) < 4.78 is 7.50. The van der Waals surface area contributed by atoms with Crippen molar-refractivity contribution in [2.45, 2.75) is 39.3 Å². The first-order valence-corrected chi connectivity index (χ1v) is 7.64. The Labute approximate surface area is 134 Å². The molecular formula is C17H20N4O2. The van der Waals surface area contributed by atoms with Crippen LogP contribution in [-0.4, -0.2) is 14.5 Å². The van der Waals surface area contributed by atoms with E-state index in [4.69, 9.17) is 10.5 Å². The predicted molar refractivity (Wildman–Crippen MR) is 88.7 cm³/mol. The highest BCUT2D eigenvalue weighted by atomic mass is 16.5. The summed E-state index contributed by atoms with van der Waals surface area (Å²) in [5.74, 6) is 1.10. The van der Waals surface area contributed by atoms with Crippen LogP contribution in [0.4, 0.5) is 5.95 Å². The van der Waals surface area contributed by atoms with Crippen molar-refractivity contribution in [1.29, 1.82) is 0 Å². The van der Waals surface area contributed by atoms with Crippen LogP contribution in [0.25, 0.3) is 11.1 Å². The molecule has 120 valence electrons. The van der Waals surface area contributed by atoms with Gasteiger partial charge in [-0.05, 0) is 32.9 Å². The molecule has 1 atom stereocenters. The first-order valence-electron chi connectivity index (χ1n) is 7.64. The Morgan fingerprint density at radius 2 is 2.17 bits per heavy atom. The van der Waals surface area contributed by atoms with Gasteiger partial charge in [-0.3, -0.25) is 4.79 Å². The maximum atomic E-state index is 12.0. The van der Waals surface area contributed by atoms with Gasteiger partial charge in [0.2, 0.25) is 5.95 Å². The highest BCUT2D eigenvalue weighted by Gasteiger charge is 2.24. The lowest BCUT2D eigenvalue weighted by molar-refractivity contribution is 0.143. The molecular weight excluding hydrogens is 292 g/mol. The third-order valence-electron chi connectivity index (χ3n) is 3.89. The molecule has 6 nitrogen and oxygen atoms in total. The van der Waals surface area contributed by atoms with E-state index in [9.17, 15) is 4.79 Å². The zero-order valence-electron chi connectivity index (χ0n) is 13.5. The number of hydrogen-bond donors (Lipinski definition) is 1. The number of nitrogens with two attached hydrogens (primary N) is 1. The topological polar surface area (TPSA) is 83.0 Å². The summed E-state index contributed by atoms with van der Waals surface area (Å²) in [5, 5.41) is 0. The second-order valence-electron chi connectivity index (χ2n) is 5.94. The molecule has 1 aliphatic rings. The van der Waals surface area contributed by atoms with Gasteiger partial charge in [0.25, 0.3) is 5.56 Å². The summed E-state index contributed by atoms with van der Waals surface area (Å²) in [6.07, 6.45) is 6.13. The van der Waals surface area contributed by atoms with Gasteiger partial charge in [-0.15, -0.1) is 0 Å². The minimum absolute atomic E-state index is 0.0312. The molecule has 0 aromatic carbocycles. The van der Waals surface area contributed by atoms with Crippen molar-refractivity contribution in [3.63, 3.8) is 0 Å². The Kier molecular flexibility index (Phi) is 3.90. The molecule has 2 N–H and O–H groups in total. The van der Waals surface area contributed by atoms with Crippen molar-refractivity contribution in [2.24, 2.45) is 0 Å². The van der Waals surface area contributed by atoms with Crippen LogP contribution in [0.15, 0.2) is 41.2 Å². The van der Waals surface area contributed by atoms with Crippen LogP contribution in [0.5, 0.6) is 0 Å². The molecule has 1 unspecified atom stereocenters. The van der Waals surface area contributed by atoms with Crippen LogP contribution in [0.2, 0.25) is 0 Å². The number of anilines is 1. The van der Waals surface area contributed by atoms with Gasteiger partial charge < -0.3 is 15.0 Å². The maximum Gasteiger partial charge on any atom is 0.250 e. The minimum atomic E-state index is -0.172. The molecule has 0 fully saturated rings. The Hall–Kier alpha value is -2.63. The van der Waals surface area contributed by atoms with Crippen LogP contribution in [0.3, 0.4) is 0 Å². The number of allylic oxidation sites excluding steroid dienone is 1. The third kappa shape index (κ3) is 2.97. The van der Waals surface area contributed by atoms with Crippen LogP contribution in [0.1, 0.15) is 45.0 Å². The quantitative estimate of drug-likeness (QED) is 0.942. The van der Waals surface area contributed by atoms with E-state index in [1.165, 1.54) is 0 Å². The van der Waals surface area contributed by atoms with E-state index < -0.39 is 0 Å². The van der Waals surface area contributed by atoms with Crippen LogP contribution in [0, 0.1) is 0 Å². The molecule has 0 bridgehead atoms. The summed E-state index contributed by atoms with van der Waals surface area (Å²) in [7, 11) is 0. The molecule has 6 heteroatoms. The van der Waals surface area contributed by atoms with E-state index >= 15 is 0 Å². The van der Waals surface area contributed by atoms with E-state index in [0.717, 1.165) is 29.0 Å². The van der Waals surface area contributed by atoms with Crippen molar-refractivity contribution >= 4 is 5.95 Å². The van der Waals surface area contributed by atoms with Gasteiger partial charge in [-0.2, -0.15) is 0 Å². The Balaban J connectivity index is 2.10. The first-order chi connectivity index (χ1) is 11.0. The number of rotatable bonds is 3. The van der Waals surface area contributed by atoms with Gasteiger partial charge in [0, 0.05) is 42.0 Å². The second kappa shape index (κ2) is 5.87. The Bertz CT molecular complexity index is 824. The van der Waals surface area contributed by atoms with E-state index in [1.807, 2.05) is 33.0 Å². The number of aromatic nitrogens is 3. The van der Waals surface area contributed by atoms with Gasteiger partial charge in [0.05, 0.1) is 11.5 Å². The molecule has 0 radical (unpaired) electrons. The lowest BCUT2D eigenvalue weighted by Crippen LogP contribution is -2.20. The molecule has 0 spiro atoms. The Morgan fingerprint density at radius 1 is 1.39 bits per heavy atom. The lowest BCUT2D eigenvalue weighted by atomic mass is 10.0. The van der Waals surface area contributed by atoms with Crippen molar-refractivity contribution in [3.8, 4) is 11.1 Å². The van der Waals surface area contributed by atoms with Crippen molar-refractivity contribution in [2.75, 3.05) is 5.73 Å². The van der Waals surface area contributed by atoms with Crippen LogP contribution in [-0.2, 0) is 4.74 Å². The molecule has 1 aliphatic heterocycles. The van der Waals surface area contributed by atoms with Crippen molar-refractivity contribution in [3.05, 3.63) is 52.4 Å². The molecule has 0 aliphatic carbocycles. The average Bonchev–Trinajstić information content (AvgIpc) is 2.94. The zero-order chi connectivity index (χ0) is 16.6. The third-order valence-corrected chi connectivity index (χ3v) is 3.89. The number of nitrogen functional groups attached to an aromatic ring is 1. The van der Waals surface area contributed by atoms with Crippen LogP contribution < -0.4 is 11.3 Å². The second-order valence-corrected chi connectivity index (χ2v) is 5.94. The summed E-state index contributed by atoms with van der Waals surface area (Å²) in [6.45, 7) is 5.86. The highest BCUT2D eigenvalue weighted by Crippen LogP contribution is 2.35. The smallest absolute Gasteiger partial charge is 0.250 e. The molecule has 23 heavy (non-hydrogen) atoms. The van der Waals surface area contributed by atoms with Crippen LogP contribution >= 0.6 is 0 Å². The highest BCUT2D eigenvalue weighted by molar-refractivity contribution is 5.65. The molecule has 3 rings (SSSR count). The van der Waals surface area contributed by atoms with Gasteiger partial charge in [0.15, 0.2) is 0 Å². The largest absolute Gasteiger partial charge is 0.489 e. The lowest BCUT2D eigenvalue weighted by Gasteiger charge is -2.17. The number of pyridine rings is 1. The van der Waals surface area contributed by atoms with Gasteiger partial charge in [0.1, 0.15) is 6.10 Å². The van der Waals surface area contributed by atoms with E-state index in [-0.39, 0.29) is 23.7 Å². The summed E-state index contributed by atoms with van der Waals surface area (Å²) in [5.41, 5.74) is 8.19. The van der Waals surface area contributed by atoms with E-state index in [2.05, 4.69) is 9.97 Å². The monoisotopic (exact) mass is 312 g/mol. The fourth-order valence-electron chi connectivity index (χ4n) is 2.70. The van der Waals surface area contributed by atoms with Gasteiger partial charge >= 0.3 is 0 Å². The Morgan fingerprint density at radius 3 is 2.83 bits per heavy atom. The normalized spacial score (nSPS) is 17.2. The molecule has 2 aromatic rings. The van der Waals surface area contributed by atoms with Crippen molar-refractivity contribution in [1.82, 2.24) is 14.5 Å². The number of hydrogen-bond acceptors (Lipinski definition) is 5. The molecule has 0 saturated heterocycles. The average molecular weight is 312 g/mol. The maximum absolute atomic E-state index is 12.0. The molecule has 0 amide bonds. The van der Waals surface area contributed by atoms with Gasteiger partial charge in [-0.25, -0.2) is 9.97 Å². The zero-order valence-corrected chi connectivity index (χ0v) is 13.5. The summed E-state index contributed by atoms with van der Waals surface area (Å²) >= 11 is 0. The standard InChI is InChI=1S/C17H20N4O2/c1-10(2)21-9-12(5-7-15(21)22)13-8-19-17(18)20-16(13)14-6-4-11(3)23-14/h4-5,7-10,14H,6H2,1-3H3,(H2,18,19,20). The fourth-order valence-corrected chi connectivity index (χ4v) is 2.70. The first kappa shape index (κ1) is 15.3. The molecule has 3 heterocycles. The summed E-state index contributed by atoms with van der Waals surface area (Å²) in [6, 6.07) is 3.43. The molecule has 0 saturated carbocycles. The molecule has 2 aromatic heterocycles. The van der Waals surface area contributed by atoms with Gasteiger partial charge in [-0.1, -0.05) is 0 Å². The van der Waals surface area contributed by atoms with E-state index in [0.29, 0.717) is 0 Å². The van der Waals surface area contributed by atoms with Crippen molar-refractivity contribution < 1.29 is 4.74 Å². The SMILES string of the molecule is CC1=CCC(c2nc(N)ncc2-c2ccc(=O)n(C(C)C)c2)O1. The van der Waals surface area contributed by atoms with E-state index in [1.54, 1.807) is 22.9 Å².